The van der Waals surface area contributed by atoms with Gasteiger partial charge in [0.2, 0.25) is 0 Å². The third kappa shape index (κ3) is 0.697. The van der Waals surface area contributed by atoms with Crippen molar-refractivity contribution in [1.29, 1.82) is 0 Å². The fourth-order valence-corrected chi connectivity index (χ4v) is 2.93. The summed E-state index contributed by atoms with van der Waals surface area (Å²) in [7, 11) is 0. The average Bonchev–Trinajstić information content (AvgIpc) is 2.87. The zero-order valence-corrected chi connectivity index (χ0v) is 7.41. The molecule has 0 spiro atoms. The van der Waals surface area contributed by atoms with Crippen molar-refractivity contribution in [3.63, 3.8) is 0 Å². The quantitative estimate of drug-likeness (QED) is 0.343. The SMILES string of the molecule is O/N=C1\C2C=CC1C1/C(=N/O)C=CC21. The molecule has 72 valence electrons. The minimum atomic E-state index is 0.121. The number of nitrogens with zero attached hydrogens (tertiary/aromatic N) is 2. The molecule has 0 heterocycles. The van der Waals surface area contributed by atoms with E-state index in [4.69, 9.17) is 10.4 Å². The molecule has 1 saturated carbocycles. The molecule has 0 aromatic rings. The third-order valence-corrected chi connectivity index (χ3v) is 3.49. The molecule has 2 bridgehead atoms. The minimum absolute atomic E-state index is 0.121. The second-order valence-electron chi connectivity index (χ2n) is 3.95. The van der Waals surface area contributed by atoms with Crippen molar-refractivity contribution in [1.82, 2.24) is 0 Å². The summed E-state index contributed by atoms with van der Waals surface area (Å²) in [6.45, 7) is 0. The van der Waals surface area contributed by atoms with Gasteiger partial charge in [-0.15, -0.1) is 0 Å². The first-order valence-electron chi connectivity index (χ1n) is 4.67. The highest BCUT2D eigenvalue weighted by Gasteiger charge is 2.52. The Morgan fingerprint density at radius 1 is 1.00 bits per heavy atom. The van der Waals surface area contributed by atoms with Crippen LogP contribution in [0.1, 0.15) is 0 Å². The van der Waals surface area contributed by atoms with E-state index < -0.39 is 0 Å². The first-order chi connectivity index (χ1) is 6.86. The molecule has 0 radical (unpaired) electrons. The standard InChI is InChI=1S/C10H10N2O2/c13-11-8-4-3-5-6-1-2-7(9(5)8)10(6)12-14/h1-7,9,13-14H/b11-8+,12-10+. The molecule has 3 aliphatic carbocycles. The molecule has 2 N–H and O–H groups in total. The molecular formula is C10H10N2O2. The summed E-state index contributed by atoms with van der Waals surface area (Å²) in [5, 5.41) is 24.3. The van der Waals surface area contributed by atoms with Crippen LogP contribution >= 0.6 is 0 Å². The Kier molecular flexibility index (Phi) is 1.37. The van der Waals surface area contributed by atoms with Crippen LogP contribution in [0, 0.1) is 23.7 Å². The zero-order valence-electron chi connectivity index (χ0n) is 7.41. The van der Waals surface area contributed by atoms with E-state index in [0.29, 0.717) is 11.6 Å². The predicted octanol–water partition coefficient (Wildman–Crippen LogP) is 1.26. The highest BCUT2D eigenvalue weighted by molar-refractivity contribution is 6.09. The van der Waals surface area contributed by atoms with Crippen LogP contribution in [0.3, 0.4) is 0 Å². The largest absolute Gasteiger partial charge is 0.411 e. The van der Waals surface area contributed by atoms with Crippen LogP contribution in [0.15, 0.2) is 34.6 Å². The molecule has 14 heavy (non-hydrogen) atoms. The minimum Gasteiger partial charge on any atom is -0.411 e. The van der Waals surface area contributed by atoms with Gasteiger partial charge in [0.05, 0.1) is 11.4 Å². The molecule has 0 amide bonds. The van der Waals surface area contributed by atoms with Crippen LogP contribution in [0.5, 0.6) is 0 Å². The van der Waals surface area contributed by atoms with E-state index in [1.807, 2.05) is 18.2 Å². The molecule has 0 aromatic carbocycles. The van der Waals surface area contributed by atoms with Gasteiger partial charge < -0.3 is 10.4 Å². The summed E-state index contributed by atoms with van der Waals surface area (Å²) in [4.78, 5) is 0. The Morgan fingerprint density at radius 2 is 1.79 bits per heavy atom. The van der Waals surface area contributed by atoms with Crippen LogP contribution in [-0.2, 0) is 0 Å². The van der Waals surface area contributed by atoms with Crippen molar-refractivity contribution in [2.24, 2.45) is 34.0 Å². The third-order valence-electron chi connectivity index (χ3n) is 3.49. The first-order valence-corrected chi connectivity index (χ1v) is 4.67. The normalized spacial score (nSPS) is 48.3. The van der Waals surface area contributed by atoms with Gasteiger partial charge in [0.1, 0.15) is 0 Å². The molecule has 3 rings (SSSR count). The van der Waals surface area contributed by atoms with E-state index >= 15 is 0 Å². The molecule has 4 atom stereocenters. The Bertz CT molecular complexity index is 395. The molecule has 4 heteroatoms. The number of fused-ring (bicyclic) bond motifs is 5. The second-order valence-corrected chi connectivity index (χ2v) is 3.95. The van der Waals surface area contributed by atoms with Crippen LogP contribution in [0.2, 0.25) is 0 Å². The lowest BCUT2D eigenvalue weighted by molar-refractivity contribution is 0.312. The van der Waals surface area contributed by atoms with Crippen molar-refractivity contribution in [3.8, 4) is 0 Å². The van der Waals surface area contributed by atoms with Crippen LogP contribution < -0.4 is 0 Å². The van der Waals surface area contributed by atoms with Crippen molar-refractivity contribution >= 4 is 11.4 Å². The predicted molar refractivity (Wildman–Crippen MR) is 50.7 cm³/mol. The van der Waals surface area contributed by atoms with E-state index in [9.17, 15) is 0 Å². The molecule has 4 nitrogen and oxygen atoms in total. The van der Waals surface area contributed by atoms with Gasteiger partial charge in [0.15, 0.2) is 0 Å². The van der Waals surface area contributed by atoms with Crippen LogP contribution in [-0.4, -0.2) is 21.8 Å². The van der Waals surface area contributed by atoms with Crippen molar-refractivity contribution < 1.29 is 10.4 Å². The lowest BCUT2D eigenvalue weighted by atomic mass is 9.85. The highest BCUT2D eigenvalue weighted by atomic mass is 16.4. The fraction of sp³-hybridized carbons (Fsp3) is 0.400. The number of rotatable bonds is 0. The second kappa shape index (κ2) is 2.47. The summed E-state index contributed by atoms with van der Waals surface area (Å²) in [5.74, 6) is 0.823. The maximum atomic E-state index is 8.88. The molecule has 0 aliphatic heterocycles. The van der Waals surface area contributed by atoms with Crippen molar-refractivity contribution in [2.75, 3.05) is 0 Å². The van der Waals surface area contributed by atoms with Crippen LogP contribution in [0.4, 0.5) is 0 Å². The van der Waals surface area contributed by atoms with Gasteiger partial charge in [-0.2, -0.15) is 0 Å². The average molecular weight is 190 g/mol. The number of oxime groups is 2. The van der Waals surface area contributed by atoms with Gasteiger partial charge in [0, 0.05) is 17.8 Å². The van der Waals surface area contributed by atoms with Crippen molar-refractivity contribution in [2.45, 2.75) is 0 Å². The zero-order chi connectivity index (χ0) is 9.71. The Balaban J connectivity index is 2.08. The molecule has 1 fully saturated rings. The highest BCUT2D eigenvalue weighted by Crippen LogP contribution is 2.49. The fourth-order valence-electron chi connectivity index (χ4n) is 2.93. The van der Waals surface area contributed by atoms with Gasteiger partial charge >= 0.3 is 0 Å². The van der Waals surface area contributed by atoms with Gasteiger partial charge in [0.25, 0.3) is 0 Å². The number of allylic oxidation sites excluding steroid dienone is 4. The maximum Gasteiger partial charge on any atom is 0.0839 e. The lowest BCUT2D eigenvalue weighted by Gasteiger charge is -2.17. The van der Waals surface area contributed by atoms with E-state index in [1.54, 1.807) is 0 Å². The topological polar surface area (TPSA) is 65.2 Å². The molecular weight excluding hydrogens is 180 g/mol. The summed E-state index contributed by atoms with van der Waals surface area (Å²) in [5.41, 5.74) is 1.51. The van der Waals surface area contributed by atoms with E-state index in [0.717, 1.165) is 5.71 Å². The summed E-state index contributed by atoms with van der Waals surface area (Å²) in [6.07, 6.45) is 8.01. The summed E-state index contributed by atoms with van der Waals surface area (Å²) < 4.78 is 0. The first kappa shape index (κ1) is 7.79. The van der Waals surface area contributed by atoms with Gasteiger partial charge in [-0.3, -0.25) is 0 Å². The number of hydrogen-bond acceptors (Lipinski definition) is 4. The maximum absolute atomic E-state index is 8.88. The summed E-state index contributed by atoms with van der Waals surface area (Å²) >= 11 is 0. The monoisotopic (exact) mass is 190 g/mol. The van der Waals surface area contributed by atoms with E-state index in [-0.39, 0.29) is 17.8 Å². The summed E-state index contributed by atoms with van der Waals surface area (Å²) in [6, 6.07) is 0. The number of hydrogen-bond donors (Lipinski definition) is 2. The lowest BCUT2D eigenvalue weighted by Crippen LogP contribution is -2.20. The smallest absolute Gasteiger partial charge is 0.0839 e. The van der Waals surface area contributed by atoms with E-state index in [1.165, 1.54) is 0 Å². The Hall–Kier alpha value is -1.58. The van der Waals surface area contributed by atoms with Crippen molar-refractivity contribution in [3.05, 3.63) is 24.3 Å². The molecule has 0 saturated heterocycles. The Morgan fingerprint density at radius 3 is 2.50 bits per heavy atom. The Labute approximate surface area is 80.9 Å². The molecule has 3 aliphatic rings. The van der Waals surface area contributed by atoms with Gasteiger partial charge in [-0.05, 0) is 12.0 Å². The van der Waals surface area contributed by atoms with Gasteiger partial charge in [-0.25, -0.2) is 0 Å². The van der Waals surface area contributed by atoms with E-state index in [2.05, 4.69) is 16.4 Å². The molecule has 4 unspecified atom stereocenters. The van der Waals surface area contributed by atoms with Gasteiger partial charge in [-0.1, -0.05) is 28.5 Å². The molecule has 0 aromatic heterocycles. The van der Waals surface area contributed by atoms with Crippen LogP contribution in [0.25, 0.3) is 0 Å².